The average Bonchev–Trinajstić information content (AvgIpc) is 3.94. The topological polar surface area (TPSA) is 0 Å². The van der Waals surface area contributed by atoms with Crippen LogP contribution in [0.5, 0.6) is 0 Å². The van der Waals surface area contributed by atoms with E-state index in [9.17, 15) is 0 Å². The summed E-state index contributed by atoms with van der Waals surface area (Å²) in [6.45, 7) is 4.79. The van der Waals surface area contributed by atoms with Crippen molar-refractivity contribution in [3.05, 3.63) is 220 Å². The molecule has 0 spiro atoms. The number of benzene rings is 5. The second-order valence-corrected chi connectivity index (χ2v) is 17.4. The Labute approximate surface area is 350 Å². The van der Waals surface area contributed by atoms with Gasteiger partial charge in [0.25, 0.3) is 0 Å². The Morgan fingerprint density at radius 1 is 0.627 bits per heavy atom. The van der Waals surface area contributed by atoms with Gasteiger partial charge in [-0.15, -0.1) is 0 Å². The van der Waals surface area contributed by atoms with Crippen LogP contribution in [-0.2, 0) is 6.42 Å². The van der Waals surface area contributed by atoms with E-state index in [0.29, 0.717) is 11.8 Å². The lowest BCUT2D eigenvalue weighted by atomic mass is 9.73. The number of fused-ring (bicyclic) bond motifs is 8. The van der Waals surface area contributed by atoms with Crippen molar-refractivity contribution in [3.63, 3.8) is 0 Å². The van der Waals surface area contributed by atoms with Gasteiger partial charge in [0.15, 0.2) is 0 Å². The Bertz CT molecular complexity index is 2840. The zero-order chi connectivity index (χ0) is 39.5. The number of rotatable bonds is 4. The lowest BCUT2D eigenvalue weighted by Gasteiger charge is -2.31. The van der Waals surface area contributed by atoms with Crippen molar-refractivity contribution >= 4 is 40.1 Å². The summed E-state index contributed by atoms with van der Waals surface area (Å²) in [4.78, 5) is 0. The summed E-state index contributed by atoms with van der Waals surface area (Å²) in [5.74, 6) is 1.20. The second kappa shape index (κ2) is 14.9. The first kappa shape index (κ1) is 35.9. The smallest absolute Gasteiger partial charge is 0.0217 e. The summed E-state index contributed by atoms with van der Waals surface area (Å²) >= 11 is 0. The summed E-state index contributed by atoms with van der Waals surface area (Å²) in [7, 11) is 0. The maximum atomic E-state index is 2.58. The Morgan fingerprint density at radius 2 is 1.42 bits per heavy atom. The molecule has 0 aliphatic heterocycles. The van der Waals surface area contributed by atoms with Crippen LogP contribution >= 0.6 is 0 Å². The Morgan fingerprint density at radius 3 is 2.24 bits per heavy atom. The zero-order valence-electron chi connectivity index (χ0n) is 34.2. The predicted molar refractivity (Wildman–Crippen MR) is 254 cm³/mol. The molecule has 6 aliphatic carbocycles. The fourth-order valence-electron chi connectivity index (χ4n) is 11.0. The molecular weight excluding hydrogens is 709 g/mol. The van der Waals surface area contributed by atoms with Crippen LogP contribution in [0.3, 0.4) is 0 Å². The van der Waals surface area contributed by atoms with Crippen molar-refractivity contribution in [3.8, 4) is 22.3 Å². The molecule has 5 aromatic rings. The molecule has 0 N–H and O–H groups in total. The van der Waals surface area contributed by atoms with E-state index in [1.807, 2.05) is 0 Å². The monoisotopic (exact) mass is 758 g/mol. The summed E-state index contributed by atoms with van der Waals surface area (Å²) in [5, 5.41) is 2.81. The minimum absolute atomic E-state index is 0.173. The molecule has 0 aromatic heterocycles. The number of hydrogen-bond acceptors (Lipinski definition) is 0. The highest BCUT2D eigenvalue weighted by atomic mass is 14.4. The van der Waals surface area contributed by atoms with Gasteiger partial charge in [-0.25, -0.2) is 0 Å². The van der Waals surface area contributed by atoms with Crippen LogP contribution in [0, 0.1) is 11.8 Å². The minimum atomic E-state index is 0.173. The molecule has 0 saturated carbocycles. The molecule has 0 nitrogen and oxygen atoms in total. The molecule has 0 saturated heterocycles. The normalized spacial score (nSPS) is 23.5. The molecular formula is C59H50. The molecule has 5 aromatic carbocycles. The third-order valence-corrected chi connectivity index (χ3v) is 13.9. The van der Waals surface area contributed by atoms with Gasteiger partial charge < -0.3 is 0 Å². The van der Waals surface area contributed by atoms with Crippen LogP contribution in [0.25, 0.3) is 62.4 Å². The molecule has 0 heteroatoms. The van der Waals surface area contributed by atoms with E-state index in [0.717, 1.165) is 32.1 Å². The summed E-state index contributed by atoms with van der Waals surface area (Å²) < 4.78 is 0. The van der Waals surface area contributed by atoms with E-state index >= 15 is 0 Å². The Balaban J connectivity index is 1.24. The van der Waals surface area contributed by atoms with Gasteiger partial charge in [0, 0.05) is 11.8 Å². The van der Waals surface area contributed by atoms with E-state index in [2.05, 4.69) is 196 Å². The van der Waals surface area contributed by atoms with E-state index in [-0.39, 0.29) is 11.8 Å². The van der Waals surface area contributed by atoms with Crippen molar-refractivity contribution < 1.29 is 0 Å². The van der Waals surface area contributed by atoms with Crippen LogP contribution in [-0.4, -0.2) is 0 Å². The number of aryl methyl sites for hydroxylation is 1. The lowest BCUT2D eigenvalue weighted by molar-refractivity contribution is 0.390. The first-order chi connectivity index (χ1) is 29.1. The fraction of sp³-hybridized carbons (Fsp3) is 0.186. The zero-order valence-corrected chi connectivity index (χ0v) is 34.2. The second-order valence-electron chi connectivity index (χ2n) is 17.4. The minimum Gasteiger partial charge on any atom is -0.0842 e. The first-order valence-electron chi connectivity index (χ1n) is 21.9. The van der Waals surface area contributed by atoms with Crippen LogP contribution in [0.4, 0.5) is 0 Å². The summed E-state index contributed by atoms with van der Waals surface area (Å²) in [6.07, 6.45) is 43.9. The Hall–Kier alpha value is -6.24. The van der Waals surface area contributed by atoms with E-state index in [1.165, 1.54) is 99.8 Å². The van der Waals surface area contributed by atoms with Crippen molar-refractivity contribution in [2.45, 2.75) is 57.8 Å². The maximum Gasteiger partial charge on any atom is 0.0217 e. The molecule has 0 amide bonds. The largest absolute Gasteiger partial charge is 0.0842 e. The van der Waals surface area contributed by atoms with Gasteiger partial charge in [0.1, 0.15) is 0 Å². The molecule has 0 heterocycles. The van der Waals surface area contributed by atoms with E-state index in [4.69, 9.17) is 0 Å². The van der Waals surface area contributed by atoms with Gasteiger partial charge in [0.2, 0.25) is 0 Å². The maximum absolute atomic E-state index is 2.58. The molecule has 11 rings (SSSR count). The van der Waals surface area contributed by atoms with Crippen LogP contribution < -0.4 is 0 Å². The molecule has 3 unspecified atom stereocenters. The van der Waals surface area contributed by atoms with Gasteiger partial charge in [-0.1, -0.05) is 189 Å². The molecule has 0 radical (unpaired) electrons. The average molecular weight is 759 g/mol. The molecule has 286 valence electrons. The van der Waals surface area contributed by atoms with Gasteiger partial charge in [-0.05, 0) is 151 Å². The SMILES string of the molecule is CC1=C\C(c2ccccc2)C(C)C2C=C(c3ccccc3)C=C(/C=C/c3c(c(C4C=CC=C4)c4c(c3C3=CC=CCC3)-c3cc5c(c6cccc-4c36)C=CCC5)\C=C\1)C2. The molecule has 2 bridgehead atoms. The highest BCUT2D eigenvalue weighted by Gasteiger charge is 2.35. The quantitative estimate of drug-likeness (QED) is 0.168. The van der Waals surface area contributed by atoms with Crippen LogP contribution in [0.2, 0.25) is 0 Å². The van der Waals surface area contributed by atoms with E-state index < -0.39 is 0 Å². The fourth-order valence-corrected chi connectivity index (χ4v) is 11.0. The third-order valence-electron chi connectivity index (χ3n) is 13.9. The van der Waals surface area contributed by atoms with E-state index in [1.54, 1.807) is 0 Å². The third kappa shape index (κ3) is 6.20. The lowest BCUT2D eigenvalue weighted by Crippen LogP contribution is -2.20. The van der Waals surface area contributed by atoms with Gasteiger partial charge in [-0.2, -0.15) is 0 Å². The van der Waals surface area contributed by atoms with Gasteiger partial charge in [-0.3, -0.25) is 0 Å². The standard InChI is InChI=1S/C59H50/c1-38-29-31-50-51(32-30-40-34-46(36-47(35-40)41-17-6-3-7-18-41)39(2)53(33-38)42-19-8-4-9-20-42)56(43-21-10-5-11-22-43)59-54-37-45-25-14-15-26-48(45)49-27-16-28-52(57(49)54)58(59)55(50)44-23-12-13-24-44/h3-10,12-13,15-21,23-24,26-33,35-37,39,44,46,53H,11,14,22,25,34H2,1-2H3/b31-29+,32-30+,38-33+. The molecule has 6 aliphatic rings. The molecule has 3 atom stereocenters. The molecule has 59 heavy (non-hydrogen) atoms. The van der Waals surface area contributed by atoms with Crippen molar-refractivity contribution in [2.24, 2.45) is 11.8 Å². The van der Waals surface area contributed by atoms with Gasteiger partial charge in [0.05, 0.1) is 0 Å². The van der Waals surface area contributed by atoms with Gasteiger partial charge >= 0.3 is 0 Å². The van der Waals surface area contributed by atoms with Crippen molar-refractivity contribution in [1.82, 2.24) is 0 Å². The van der Waals surface area contributed by atoms with Crippen LogP contribution in [0.1, 0.15) is 95.9 Å². The summed E-state index contributed by atoms with van der Waals surface area (Å²) in [6, 6.07) is 31.9. The van der Waals surface area contributed by atoms with Crippen molar-refractivity contribution in [2.75, 3.05) is 0 Å². The Kier molecular flexibility index (Phi) is 9.03. The molecule has 0 fully saturated rings. The predicted octanol–water partition coefficient (Wildman–Crippen LogP) is 15.8. The van der Waals surface area contributed by atoms with Crippen molar-refractivity contribution in [1.29, 1.82) is 0 Å². The highest BCUT2D eigenvalue weighted by molar-refractivity contribution is 6.21. The van der Waals surface area contributed by atoms with Crippen LogP contribution in [0.15, 0.2) is 175 Å². The summed E-state index contributed by atoms with van der Waals surface area (Å²) in [5.41, 5.74) is 22.2. The number of allylic oxidation sites excluding steroid dienone is 17. The highest BCUT2D eigenvalue weighted by Crippen LogP contribution is 2.58. The first-order valence-corrected chi connectivity index (χ1v) is 21.9. The number of hydrogen-bond donors (Lipinski definition) is 0.